The average molecular weight is 440 g/mol. The summed E-state index contributed by atoms with van der Waals surface area (Å²) in [5.41, 5.74) is 0.682. The van der Waals surface area contributed by atoms with Gasteiger partial charge in [0.15, 0.2) is 0 Å². The van der Waals surface area contributed by atoms with Gasteiger partial charge in [0.05, 0.1) is 5.56 Å². The van der Waals surface area contributed by atoms with Crippen LogP contribution in [0.1, 0.15) is 61.7 Å². The van der Waals surface area contributed by atoms with Gasteiger partial charge in [0.1, 0.15) is 5.82 Å². The molecule has 1 N–H and O–H groups in total. The van der Waals surface area contributed by atoms with Crippen LogP contribution in [0.25, 0.3) is 0 Å². The van der Waals surface area contributed by atoms with E-state index in [-0.39, 0.29) is 5.91 Å². The molecule has 2 bridgehead atoms. The van der Waals surface area contributed by atoms with Gasteiger partial charge in [0.25, 0.3) is 5.91 Å². The Morgan fingerprint density at radius 3 is 2.88 bits per heavy atom. The summed E-state index contributed by atoms with van der Waals surface area (Å²) in [6.45, 7) is 6.78. The molecule has 7 heteroatoms. The fourth-order valence-electron chi connectivity index (χ4n) is 6.39. The van der Waals surface area contributed by atoms with Crippen LogP contribution in [0.15, 0.2) is 18.3 Å². The van der Waals surface area contributed by atoms with Gasteiger partial charge in [-0.25, -0.2) is 4.98 Å². The molecule has 2 unspecified atom stereocenters. The predicted molar refractivity (Wildman–Crippen MR) is 125 cm³/mol. The Labute approximate surface area is 191 Å². The monoisotopic (exact) mass is 439 g/mol. The maximum absolute atomic E-state index is 13.0. The summed E-state index contributed by atoms with van der Waals surface area (Å²) in [4.78, 5) is 37.1. The molecular formula is C25H37N5O2. The van der Waals surface area contributed by atoms with Crippen molar-refractivity contribution >= 4 is 17.6 Å². The van der Waals surface area contributed by atoms with Crippen LogP contribution in [-0.4, -0.2) is 78.5 Å². The predicted octanol–water partition coefficient (Wildman–Crippen LogP) is 2.52. The largest absolute Gasteiger partial charge is 0.355 e. The Kier molecular flexibility index (Phi) is 6.62. The number of nitrogens with zero attached hydrogens (tertiary/aromatic N) is 4. The van der Waals surface area contributed by atoms with E-state index in [1.54, 1.807) is 6.20 Å². The number of likely N-dealkylation sites (tertiary alicyclic amines) is 1. The summed E-state index contributed by atoms with van der Waals surface area (Å²) in [7, 11) is 0. The number of hydrogen-bond acceptors (Lipinski definition) is 5. The maximum Gasteiger partial charge on any atom is 0.255 e. The van der Waals surface area contributed by atoms with Crippen molar-refractivity contribution < 1.29 is 9.59 Å². The van der Waals surface area contributed by atoms with Gasteiger partial charge in [0.2, 0.25) is 5.91 Å². The molecule has 5 rings (SSSR count). The van der Waals surface area contributed by atoms with Crippen LogP contribution in [0.4, 0.5) is 5.82 Å². The highest BCUT2D eigenvalue weighted by Gasteiger charge is 2.44. The molecule has 32 heavy (non-hydrogen) atoms. The summed E-state index contributed by atoms with van der Waals surface area (Å²) in [6.07, 6.45) is 10.8. The first kappa shape index (κ1) is 21.7. The fourth-order valence-corrected chi connectivity index (χ4v) is 6.39. The van der Waals surface area contributed by atoms with Crippen molar-refractivity contribution in [2.45, 2.75) is 57.4 Å². The number of amides is 2. The zero-order valence-electron chi connectivity index (χ0n) is 19.2. The van der Waals surface area contributed by atoms with E-state index < -0.39 is 0 Å². The first-order valence-electron chi connectivity index (χ1n) is 12.7. The lowest BCUT2D eigenvalue weighted by Gasteiger charge is -2.52. The number of carbonyl (C=O) groups is 2. The standard InChI is InChI=1S/C25H37N5O2/c31-23-9-4-8-22-20-15-19(17-30(22)23)16-29(18-20)24-21(7-5-10-26-24)25(32)27-11-6-14-28-12-2-1-3-13-28/h5,7,10,19-20,22H,1-4,6,8-9,11-18H2,(H,27,32)/t19?,20?,22-/m1/s1. The molecule has 174 valence electrons. The number of pyridine rings is 1. The van der Waals surface area contributed by atoms with Gasteiger partial charge in [0, 0.05) is 44.8 Å². The Bertz CT molecular complexity index is 824. The molecule has 0 aliphatic carbocycles. The lowest BCUT2D eigenvalue weighted by atomic mass is 9.76. The number of carbonyl (C=O) groups excluding carboxylic acids is 2. The van der Waals surface area contributed by atoms with Crippen LogP contribution >= 0.6 is 0 Å². The number of nitrogens with one attached hydrogen (secondary N) is 1. The van der Waals surface area contributed by atoms with E-state index >= 15 is 0 Å². The molecule has 0 aromatic carbocycles. The van der Waals surface area contributed by atoms with Crippen LogP contribution < -0.4 is 10.2 Å². The second kappa shape index (κ2) is 9.77. The third kappa shape index (κ3) is 4.63. The third-order valence-electron chi connectivity index (χ3n) is 7.90. The fraction of sp³-hybridized carbons (Fsp3) is 0.720. The zero-order chi connectivity index (χ0) is 21.9. The van der Waals surface area contributed by atoms with Crippen molar-refractivity contribution in [1.29, 1.82) is 0 Å². The highest BCUT2D eigenvalue weighted by atomic mass is 16.2. The number of anilines is 1. The summed E-state index contributed by atoms with van der Waals surface area (Å²) >= 11 is 0. The molecule has 4 aliphatic heterocycles. The Morgan fingerprint density at radius 2 is 2.00 bits per heavy atom. The van der Waals surface area contributed by atoms with Crippen molar-refractivity contribution in [3.8, 4) is 0 Å². The first-order chi connectivity index (χ1) is 15.7. The minimum absolute atomic E-state index is 0.0167. The molecule has 0 saturated carbocycles. The Hall–Kier alpha value is -2.15. The minimum Gasteiger partial charge on any atom is -0.355 e. The molecule has 0 spiro atoms. The van der Waals surface area contributed by atoms with Gasteiger partial charge >= 0.3 is 0 Å². The van der Waals surface area contributed by atoms with Crippen LogP contribution in [0.3, 0.4) is 0 Å². The molecular weight excluding hydrogens is 402 g/mol. The number of aromatic nitrogens is 1. The molecule has 4 fully saturated rings. The molecule has 2 amide bonds. The van der Waals surface area contributed by atoms with Gasteiger partial charge in [-0.1, -0.05) is 6.42 Å². The molecule has 1 aromatic rings. The van der Waals surface area contributed by atoms with Crippen LogP contribution in [-0.2, 0) is 4.79 Å². The minimum atomic E-state index is -0.0167. The van der Waals surface area contributed by atoms with Gasteiger partial charge in [-0.05, 0) is 82.1 Å². The van der Waals surface area contributed by atoms with E-state index in [2.05, 4.69) is 25.0 Å². The van der Waals surface area contributed by atoms with Crippen molar-refractivity contribution in [2.75, 3.05) is 50.7 Å². The molecule has 3 atom stereocenters. The number of piperidine rings is 4. The second-order valence-electron chi connectivity index (χ2n) is 10.2. The van der Waals surface area contributed by atoms with Crippen molar-refractivity contribution in [3.63, 3.8) is 0 Å². The van der Waals surface area contributed by atoms with E-state index in [0.29, 0.717) is 42.3 Å². The highest BCUT2D eigenvalue weighted by Crippen LogP contribution is 2.39. The van der Waals surface area contributed by atoms with Crippen LogP contribution in [0, 0.1) is 11.8 Å². The highest BCUT2D eigenvalue weighted by molar-refractivity contribution is 5.98. The maximum atomic E-state index is 13.0. The molecule has 0 radical (unpaired) electrons. The summed E-state index contributed by atoms with van der Waals surface area (Å²) in [5.74, 6) is 2.08. The van der Waals surface area contributed by atoms with Gasteiger partial charge in [-0.3, -0.25) is 9.59 Å². The SMILES string of the molecule is O=C(NCCCN1CCCCC1)c1cccnc1N1CC2CC(C1)[C@H]1CCCC(=O)N1C2. The molecule has 1 aromatic heterocycles. The lowest BCUT2D eigenvalue weighted by Crippen LogP contribution is -2.60. The summed E-state index contributed by atoms with van der Waals surface area (Å²) < 4.78 is 0. The Balaban J connectivity index is 1.21. The van der Waals surface area contributed by atoms with Gasteiger partial charge in [-0.15, -0.1) is 0 Å². The summed E-state index contributed by atoms with van der Waals surface area (Å²) in [6, 6.07) is 4.13. The van der Waals surface area contributed by atoms with Gasteiger partial charge < -0.3 is 20.0 Å². The molecule has 5 heterocycles. The first-order valence-corrected chi connectivity index (χ1v) is 12.7. The van der Waals surface area contributed by atoms with Gasteiger partial charge in [-0.2, -0.15) is 0 Å². The second-order valence-corrected chi connectivity index (χ2v) is 10.2. The number of fused-ring (bicyclic) bond motifs is 4. The quantitative estimate of drug-likeness (QED) is 0.690. The van der Waals surface area contributed by atoms with Crippen LogP contribution in [0.2, 0.25) is 0 Å². The van der Waals surface area contributed by atoms with Crippen molar-refractivity contribution in [2.24, 2.45) is 11.8 Å². The topological polar surface area (TPSA) is 68.8 Å². The molecule has 4 aliphatic rings. The molecule has 4 saturated heterocycles. The van der Waals surface area contributed by atoms with Crippen LogP contribution in [0.5, 0.6) is 0 Å². The zero-order valence-corrected chi connectivity index (χ0v) is 19.2. The Morgan fingerprint density at radius 1 is 1.12 bits per heavy atom. The smallest absolute Gasteiger partial charge is 0.255 e. The van der Waals surface area contributed by atoms with E-state index in [9.17, 15) is 9.59 Å². The van der Waals surface area contributed by atoms with Crippen molar-refractivity contribution in [3.05, 3.63) is 23.9 Å². The number of hydrogen-bond donors (Lipinski definition) is 1. The molecule has 7 nitrogen and oxygen atoms in total. The normalized spacial score (nSPS) is 28.4. The van der Waals surface area contributed by atoms with E-state index in [1.165, 1.54) is 38.8 Å². The van der Waals surface area contributed by atoms with E-state index in [0.717, 1.165) is 51.3 Å². The van der Waals surface area contributed by atoms with E-state index in [1.807, 2.05) is 12.1 Å². The number of rotatable bonds is 6. The summed E-state index contributed by atoms with van der Waals surface area (Å²) in [5, 5.41) is 3.13. The average Bonchev–Trinajstić information content (AvgIpc) is 2.83. The lowest BCUT2D eigenvalue weighted by molar-refractivity contribution is -0.142. The van der Waals surface area contributed by atoms with Crippen molar-refractivity contribution in [1.82, 2.24) is 20.1 Å². The van der Waals surface area contributed by atoms with E-state index in [4.69, 9.17) is 0 Å². The third-order valence-corrected chi connectivity index (χ3v) is 7.90.